The molecule has 0 saturated carbocycles. The molecule has 0 aromatic heterocycles. The van der Waals surface area contributed by atoms with E-state index in [1.807, 2.05) is 0 Å². The molecule has 15 heavy (non-hydrogen) atoms. The molecule has 2 fully saturated rings. The molecule has 0 aliphatic carbocycles. The van der Waals surface area contributed by atoms with Crippen LogP contribution in [0.5, 0.6) is 0 Å². The highest BCUT2D eigenvalue weighted by Gasteiger charge is 2.34. The highest BCUT2D eigenvalue weighted by Crippen LogP contribution is 2.24. The van der Waals surface area contributed by atoms with E-state index in [9.17, 15) is 5.11 Å². The number of nitrogens with one attached hydrogen (secondary N) is 1. The molecule has 2 saturated heterocycles. The minimum Gasteiger partial charge on any atom is -0.394 e. The average molecular weight is 214 g/mol. The first-order valence-corrected chi connectivity index (χ1v) is 5.88. The van der Waals surface area contributed by atoms with Crippen LogP contribution < -0.4 is 5.32 Å². The van der Waals surface area contributed by atoms with Gasteiger partial charge in [0.1, 0.15) is 0 Å². The Hall–Kier alpha value is -0.160. The van der Waals surface area contributed by atoms with Crippen LogP contribution in [-0.4, -0.2) is 61.5 Å². The molecular formula is C11H22N2O2. The Balaban J connectivity index is 1.76. The zero-order chi connectivity index (χ0) is 10.7. The summed E-state index contributed by atoms with van der Waals surface area (Å²) in [5.74, 6) is 0.681. The topological polar surface area (TPSA) is 44.7 Å². The van der Waals surface area contributed by atoms with E-state index in [0.29, 0.717) is 5.92 Å². The van der Waals surface area contributed by atoms with Gasteiger partial charge in [0.15, 0.2) is 0 Å². The van der Waals surface area contributed by atoms with Crippen LogP contribution in [0.1, 0.15) is 13.3 Å². The molecule has 0 aromatic rings. The molecular weight excluding hydrogens is 192 g/mol. The van der Waals surface area contributed by atoms with E-state index in [0.717, 1.165) is 45.8 Å². The van der Waals surface area contributed by atoms with E-state index in [2.05, 4.69) is 17.1 Å². The lowest BCUT2D eigenvalue weighted by atomic mass is 9.95. The van der Waals surface area contributed by atoms with Crippen LogP contribution >= 0.6 is 0 Å². The molecule has 0 bridgehead atoms. The molecule has 2 aliphatic rings. The summed E-state index contributed by atoms with van der Waals surface area (Å²) < 4.78 is 5.33. The maximum atomic E-state index is 9.25. The average Bonchev–Trinajstić information content (AvgIpc) is 2.63. The van der Waals surface area contributed by atoms with E-state index in [-0.39, 0.29) is 12.1 Å². The van der Waals surface area contributed by atoms with Gasteiger partial charge in [-0.3, -0.25) is 4.90 Å². The predicted octanol–water partition coefficient (Wildman–Crippen LogP) is -0.321. The summed E-state index contributed by atoms with van der Waals surface area (Å²) in [6, 6.07) is 0. The van der Waals surface area contributed by atoms with Crippen molar-refractivity contribution in [1.82, 2.24) is 10.2 Å². The first kappa shape index (κ1) is 11.3. The van der Waals surface area contributed by atoms with Crippen LogP contribution in [0.25, 0.3) is 0 Å². The van der Waals surface area contributed by atoms with Gasteiger partial charge in [-0.25, -0.2) is 0 Å². The van der Waals surface area contributed by atoms with Gasteiger partial charge in [0.25, 0.3) is 0 Å². The van der Waals surface area contributed by atoms with Crippen molar-refractivity contribution < 1.29 is 9.84 Å². The molecule has 2 N–H and O–H groups in total. The van der Waals surface area contributed by atoms with Gasteiger partial charge in [0.2, 0.25) is 0 Å². The van der Waals surface area contributed by atoms with Crippen molar-refractivity contribution in [3.63, 3.8) is 0 Å². The van der Waals surface area contributed by atoms with Crippen molar-refractivity contribution in [3.8, 4) is 0 Å². The Morgan fingerprint density at radius 2 is 2.20 bits per heavy atom. The summed E-state index contributed by atoms with van der Waals surface area (Å²) in [6.45, 7) is 8.40. The summed E-state index contributed by atoms with van der Waals surface area (Å²) in [5.41, 5.74) is -0.0447. The second-order valence-electron chi connectivity index (χ2n) is 5.08. The maximum Gasteiger partial charge on any atom is 0.0610 e. The standard InChI is InChI=1S/C11H22N2O2/c1-11(9-14)6-10(7-12-11)8-13-2-4-15-5-3-13/h10,12,14H,2-9H2,1H3. The highest BCUT2D eigenvalue weighted by atomic mass is 16.5. The lowest BCUT2D eigenvalue weighted by Gasteiger charge is -2.29. The van der Waals surface area contributed by atoms with Crippen molar-refractivity contribution >= 4 is 0 Å². The third-order valence-electron chi connectivity index (χ3n) is 3.53. The van der Waals surface area contributed by atoms with E-state index >= 15 is 0 Å². The van der Waals surface area contributed by atoms with E-state index < -0.39 is 0 Å². The minimum atomic E-state index is -0.0447. The molecule has 2 atom stereocenters. The molecule has 0 spiro atoms. The van der Waals surface area contributed by atoms with Crippen LogP contribution in [0.15, 0.2) is 0 Å². The van der Waals surface area contributed by atoms with Crippen molar-refractivity contribution in [1.29, 1.82) is 0 Å². The normalized spacial score (nSPS) is 38.4. The Morgan fingerprint density at radius 3 is 2.80 bits per heavy atom. The fourth-order valence-corrected chi connectivity index (χ4v) is 2.57. The molecule has 0 aromatic carbocycles. The Bertz CT molecular complexity index is 207. The number of nitrogens with zero attached hydrogens (tertiary/aromatic N) is 1. The number of hydrogen-bond acceptors (Lipinski definition) is 4. The second-order valence-corrected chi connectivity index (χ2v) is 5.08. The largest absolute Gasteiger partial charge is 0.394 e. The van der Waals surface area contributed by atoms with Gasteiger partial charge in [-0.1, -0.05) is 0 Å². The van der Waals surface area contributed by atoms with Gasteiger partial charge in [-0.15, -0.1) is 0 Å². The molecule has 0 radical (unpaired) electrons. The first-order valence-electron chi connectivity index (χ1n) is 5.88. The summed E-state index contributed by atoms with van der Waals surface area (Å²) in [7, 11) is 0. The summed E-state index contributed by atoms with van der Waals surface area (Å²) in [4.78, 5) is 2.47. The second kappa shape index (κ2) is 4.78. The maximum absolute atomic E-state index is 9.25. The Morgan fingerprint density at radius 1 is 1.47 bits per heavy atom. The fourth-order valence-electron chi connectivity index (χ4n) is 2.57. The smallest absolute Gasteiger partial charge is 0.0610 e. The van der Waals surface area contributed by atoms with Crippen LogP contribution in [-0.2, 0) is 4.74 Å². The molecule has 2 aliphatic heterocycles. The highest BCUT2D eigenvalue weighted by molar-refractivity contribution is 4.93. The molecule has 0 amide bonds. The van der Waals surface area contributed by atoms with Gasteiger partial charge in [-0.05, 0) is 25.8 Å². The van der Waals surface area contributed by atoms with E-state index in [1.54, 1.807) is 0 Å². The number of aliphatic hydroxyl groups is 1. The van der Waals surface area contributed by atoms with Crippen molar-refractivity contribution in [2.45, 2.75) is 18.9 Å². The Labute approximate surface area is 91.6 Å². The van der Waals surface area contributed by atoms with Crippen molar-refractivity contribution in [2.24, 2.45) is 5.92 Å². The van der Waals surface area contributed by atoms with Gasteiger partial charge >= 0.3 is 0 Å². The van der Waals surface area contributed by atoms with Crippen LogP contribution in [0.3, 0.4) is 0 Å². The van der Waals surface area contributed by atoms with Crippen LogP contribution in [0.4, 0.5) is 0 Å². The summed E-state index contributed by atoms with van der Waals surface area (Å²) in [6.07, 6.45) is 1.08. The number of ether oxygens (including phenoxy) is 1. The number of hydrogen-bond donors (Lipinski definition) is 2. The Kier molecular flexibility index (Phi) is 3.61. The molecule has 4 nitrogen and oxygen atoms in total. The number of aliphatic hydroxyl groups excluding tert-OH is 1. The number of morpholine rings is 1. The van der Waals surface area contributed by atoms with Gasteiger partial charge < -0.3 is 15.2 Å². The van der Waals surface area contributed by atoms with Gasteiger partial charge in [-0.2, -0.15) is 0 Å². The summed E-state index contributed by atoms with van der Waals surface area (Å²) in [5, 5.41) is 12.7. The lowest BCUT2D eigenvalue weighted by Crippen LogP contribution is -2.40. The van der Waals surface area contributed by atoms with Gasteiger partial charge in [0, 0.05) is 25.2 Å². The molecule has 2 unspecified atom stereocenters. The lowest BCUT2D eigenvalue weighted by molar-refractivity contribution is 0.0312. The van der Waals surface area contributed by atoms with E-state index in [1.165, 1.54) is 0 Å². The monoisotopic (exact) mass is 214 g/mol. The number of rotatable bonds is 3. The van der Waals surface area contributed by atoms with Crippen LogP contribution in [0.2, 0.25) is 0 Å². The summed E-state index contributed by atoms with van der Waals surface area (Å²) >= 11 is 0. The molecule has 4 heteroatoms. The molecule has 2 heterocycles. The zero-order valence-electron chi connectivity index (χ0n) is 9.54. The quantitative estimate of drug-likeness (QED) is 0.676. The SMILES string of the molecule is CC1(CO)CC(CN2CCOCC2)CN1. The molecule has 88 valence electrons. The fraction of sp³-hybridized carbons (Fsp3) is 1.00. The minimum absolute atomic E-state index is 0.0447. The van der Waals surface area contributed by atoms with Gasteiger partial charge in [0.05, 0.1) is 19.8 Å². The molecule has 2 rings (SSSR count). The first-order chi connectivity index (χ1) is 7.22. The van der Waals surface area contributed by atoms with Crippen molar-refractivity contribution in [3.05, 3.63) is 0 Å². The van der Waals surface area contributed by atoms with E-state index in [4.69, 9.17) is 4.74 Å². The third-order valence-corrected chi connectivity index (χ3v) is 3.53. The third kappa shape index (κ3) is 2.91. The van der Waals surface area contributed by atoms with Crippen LogP contribution in [0, 0.1) is 5.92 Å². The zero-order valence-corrected chi connectivity index (χ0v) is 9.54. The predicted molar refractivity (Wildman–Crippen MR) is 58.9 cm³/mol. The van der Waals surface area contributed by atoms with Crippen molar-refractivity contribution in [2.75, 3.05) is 46.0 Å².